The Morgan fingerprint density at radius 1 is 0.750 bits per heavy atom. The van der Waals surface area contributed by atoms with E-state index in [-0.39, 0.29) is 12.8 Å². The quantitative estimate of drug-likeness (QED) is 0.0406. The van der Waals surface area contributed by atoms with Crippen molar-refractivity contribution < 1.29 is 63.1 Å². The highest BCUT2D eigenvalue weighted by Crippen LogP contribution is 2.47. The normalized spacial score (nSPS) is 26.1. The van der Waals surface area contributed by atoms with Gasteiger partial charge in [0, 0.05) is 12.8 Å². The third-order valence-corrected chi connectivity index (χ3v) is 8.13. The van der Waals surface area contributed by atoms with E-state index in [1.54, 1.807) is 0 Å². The summed E-state index contributed by atoms with van der Waals surface area (Å²) in [5, 5.41) is 49.5. The summed E-state index contributed by atoms with van der Waals surface area (Å²) < 4.78 is 32.9. The fourth-order valence-electron chi connectivity index (χ4n) is 4.50. The van der Waals surface area contributed by atoms with Crippen molar-refractivity contribution in [2.24, 2.45) is 0 Å². The average molecular weight is 653 g/mol. The Kier molecular flexibility index (Phi) is 20.9. The van der Waals surface area contributed by atoms with Crippen molar-refractivity contribution in [2.75, 3.05) is 13.2 Å². The van der Waals surface area contributed by atoms with Crippen LogP contribution in [0.5, 0.6) is 0 Å². The summed E-state index contributed by atoms with van der Waals surface area (Å²) in [5.41, 5.74) is 0. The molecular formula is C30H53O13P. The molecule has 0 aromatic rings. The van der Waals surface area contributed by atoms with E-state index in [9.17, 15) is 44.6 Å². The number of hydrogen-bond acceptors (Lipinski definition) is 12. The van der Waals surface area contributed by atoms with Crippen molar-refractivity contribution in [1.29, 1.82) is 0 Å². The average Bonchev–Trinajstić information content (AvgIpc) is 2.99. The minimum absolute atomic E-state index is 0.0303. The zero-order valence-corrected chi connectivity index (χ0v) is 26.8. The van der Waals surface area contributed by atoms with E-state index in [4.69, 9.17) is 18.5 Å². The van der Waals surface area contributed by atoms with E-state index >= 15 is 0 Å². The maximum absolute atomic E-state index is 12.6. The maximum Gasteiger partial charge on any atom is 0.472 e. The van der Waals surface area contributed by atoms with Crippen LogP contribution in [-0.4, -0.2) is 98.3 Å². The molecule has 1 aliphatic carbocycles. The second-order valence-corrected chi connectivity index (χ2v) is 12.4. The first kappa shape index (κ1) is 40.4. The Balaban J connectivity index is 2.67. The summed E-state index contributed by atoms with van der Waals surface area (Å²) >= 11 is 0. The van der Waals surface area contributed by atoms with Gasteiger partial charge in [0.25, 0.3) is 0 Å². The standard InChI is InChI=1S/C30H53O13P/c1-3-5-7-9-11-13-14-16-18-23(31)40-20-22(42-24(32)19-17-15-12-10-8-6-4-2)21-41-44(38,39)43-30-28(36)26(34)25(33)27(35)29(30)37/h4,6,10,12,22,25-30,33-37H,3,5,7-9,11,13-21H2,1-2H3,(H,38,39)/b6-4+,12-10-/t22-,25?,26-,27+,28-,29-,30?/m1/s1. The summed E-state index contributed by atoms with van der Waals surface area (Å²) in [4.78, 5) is 34.9. The van der Waals surface area contributed by atoms with Gasteiger partial charge in [-0.1, -0.05) is 76.2 Å². The largest absolute Gasteiger partial charge is 0.472 e. The van der Waals surface area contributed by atoms with Crippen LogP contribution in [0.3, 0.4) is 0 Å². The molecule has 1 aliphatic rings. The molecule has 0 aromatic carbocycles. The number of allylic oxidation sites excluding steroid dienone is 4. The zero-order chi connectivity index (χ0) is 33.0. The van der Waals surface area contributed by atoms with Gasteiger partial charge >= 0.3 is 19.8 Å². The van der Waals surface area contributed by atoms with Gasteiger partial charge in [0.05, 0.1) is 6.61 Å². The van der Waals surface area contributed by atoms with Gasteiger partial charge in [-0.05, 0) is 32.6 Å². The van der Waals surface area contributed by atoms with Crippen molar-refractivity contribution in [3.05, 3.63) is 24.3 Å². The lowest BCUT2D eigenvalue weighted by molar-refractivity contribution is -0.220. The molecule has 13 nitrogen and oxygen atoms in total. The number of rotatable bonds is 23. The molecule has 0 aliphatic heterocycles. The molecule has 0 aromatic heterocycles. The molecule has 256 valence electrons. The van der Waals surface area contributed by atoms with Crippen LogP contribution in [0.4, 0.5) is 0 Å². The molecule has 0 heterocycles. The molecule has 14 heteroatoms. The fourth-order valence-corrected chi connectivity index (χ4v) is 5.47. The maximum atomic E-state index is 12.6. The monoisotopic (exact) mass is 652 g/mol. The summed E-state index contributed by atoms with van der Waals surface area (Å²) in [7, 11) is -5.10. The number of phosphoric ester groups is 1. The first-order valence-corrected chi connectivity index (χ1v) is 17.1. The van der Waals surface area contributed by atoms with Crippen molar-refractivity contribution >= 4 is 19.8 Å². The van der Waals surface area contributed by atoms with Gasteiger partial charge in [-0.15, -0.1) is 0 Å². The number of hydrogen-bond donors (Lipinski definition) is 6. The molecule has 1 fully saturated rings. The number of aliphatic hydroxyl groups is 5. The Labute approximate surface area is 260 Å². The first-order chi connectivity index (χ1) is 20.9. The predicted octanol–water partition coefficient (Wildman–Crippen LogP) is 2.99. The van der Waals surface area contributed by atoms with E-state index in [0.29, 0.717) is 19.3 Å². The second kappa shape index (κ2) is 22.8. The van der Waals surface area contributed by atoms with Crippen LogP contribution in [0, 0.1) is 0 Å². The lowest BCUT2D eigenvalue weighted by atomic mass is 9.85. The molecule has 3 unspecified atom stereocenters. The Hall–Kier alpha value is -1.67. The van der Waals surface area contributed by atoms with Gasteiger partial charge in [0.1, 0.15) is 43.2 Å². The molecule has 0 amide bonds. The number of ether oxygens (including phenoxy) is 2. The molecule has 1 rings (SSSR count). The molecule has 44 heavy (non-hydrogen) atoms. The third-order valence-electron chi connectivity index (χ3n) is 7.14. The highest BCUT2D eigenvalue weighted by Gasteiger charge is 2.51. The van der Waals surface area contributed by atoms with E-state index in [0.717, 1.165) is 32.1 Å². The molecule has 0 bridgehead atoms. The number of carbonyl (C=O) groups excluding carboxylic acids is 2. The third kappa shape index (κ3) is 16.6. The summed E-state index contributed by atoms with van der Waals surface area (Å²) in [6.45, 7) is 2.87. The van der Waals surface area contributed by atoms with Crippen LogP contribution in [0.1, 0.15) is 97.3 Å². The number of carbonyl (C=O) groups is 2. The van der Waals surface area contributed by atoms with Crippen molar-refractivity contribution in [1.82, 2.24) is 0 Å². The van der Waals surface area contributed by atoms with Gasteiger partial charge in [-0.3, -0.25) is 18.6 Å². The minimum Gasteiger partial charge on any atom is -0.462 e. The van der Waals surface area contributed by atoms with Gasteiger partial charge in [0.15, 0.2) is 6.10 Å². The number of aliphatic hydroxyl groups excluding tert-OH is 5. The van der Waals surface area contributed by atoms with Crippen LogP contribution in [0.15, 0.2) is 24.3 Å². The molecule has 8 atom stereocenters. The van der Waals surface area contributed by atoms with E-state index in [2.05, 4.69) is 6.92 Å². The molecule has 0 spiro atoms. The van der Waals surface area contributed by atoms with E-state index < -0.39 is 75.7 Å². The van der Waals surface area contributed by atoms with Crippen molar-refractivity contribution in [3.8, 4) is 0 Å². The zero-order valence-electron chi connectivity index (χ0n) is 25.9. The smallest absolute Gasteiger partial charge is 0.462 e. The molecule has 0 saturated heterocycles. The van der Waals surface area contributed by atoms with Crippen LogP contribution in [0.25, 0.3) is 0 Å². The number of phosphoric acid groups is 1. The second-order valence-electron chi connectivity index (χ2n) is 11.0. The summed E-state index contributed by atoms with van der Waals surface area (Å²) in [6, 6.07) is 0. The lowest BCUT2D eigenvalue weighted by Crippen LogP contribution is -2.64. The minimum atomic E-state index is -5.10. The van der Waals surface area contributed by atoms with E-state index in [1.165, 1.54) is 19.3 Å². The molecular weight excluding hydrogens is 599 g/mol. The van der Waals surface area contributed by atoms with Crippen LogP contribution in [0.2, 0.25) is 0 Å². The van der Waals surface area contributed by atoms with Gasteiger partial charge in [-0.2, -0.15) is 0 Å². The lowest BCUT2D eigenvalue weighted by Gasteiger charge is -2.41. The van der Waals surface area contributed by atoms with Crippen LogP contribution < -0.4 is 0 Å². The van der Waals surface area contributed by atoms with E-state index in [1.807, 2.05) is 31.2 Å². The highest BCUT2D eigenvalue weighted by atomic mass is 31.2. The topological polar surface area (TPSA) is 210 Å². The predicted molar refractivity (Wildman–Crippen MR) is 161 cm³/mol. The Morgan fingerprint density at radius 3 is 1.93 bits per heavy atom. The van der Waals surface area contributed by atoms with Gasteiger partial charge in [-0.25, -0.2) is 4.57 Å². The highest BCUT2D eigenvalue weighted by molar-refractivity contribution is 7.47. The van der Waals surface area contributed by atoms with Gasteiger partial charge < -0.3 is 39.9 Å². The number of unbranched alkanes of at least 4 members (excludes halogenated alkanes) is 8. The fraction of sp³-hybridized carbons (Fsp3) is 0.800. The number of esters is 2. The SMILES string of the molecule is C/C=C/C/C=C\CCCC(=O)O[C@H](COC(=O)CCCCCCCCCC)COP(=O)(O)OC1[C@H](O)[C@H](O)C(O)[C@H](O)[C@H]1O. The van der Waals surface area contributed by atoms with Gasteiger partial charge in [0.2, 0.25) is 0 Å². The van der Waals surface area contributed by atoms with Crippen molar-refractivity contribution in [2.45, 2.75) is 140 Å². The molecule has 6 N–H and O–H groups in total. The van der Waals surface area contributed by atoms with Crippen molar-refractivity contribution in [3.63, 3.8) is 0 Å². The summed E-state index contributed by atoms with van der Waals surface area (Å²) in [5.74, 6) is -1.17. The Morgan fingerprint density at radius 2 is 1.32 bits per heavy atom. The Bertz CT molecular complexity index is 895. The van der Waals surface area contributed by atoms with Crippen LogP contribution >= 0.6 is 7.82 Å². The first-order valence-electron chi connectivity index (χ1n) is 15.6. The molecule has 1 saturated carbocycles. The van der Waals surface area contributed by atoms with Crippen LogP contribution in [-0.2, 0) is 32.7 Å². The molecule has 0 radical (unpaired) electrons. The summed E-state index contributed by atoms with van der Waals surface area (Å²) in [6.07, 6.45) is 5.03.